The second-order valence-electron chi connectivity index (χ2n) is 5.94. The Morgan fingerprint density at radius 1 is 1.31 bits per heavy atom. The van der Waals surface area contributed by atoms with Crippen molar-refractivity contribution in [1.29, 1.82) is 0 Å². The van der Waals surface area contributed by atoms with Crippen molar-refractivity contribution in [3.63, 3.8) is 0 Å². The number of pyridine rings is 1. The van der Waals surface area contributed by atoms with Gasteiger partial charge in [0.1, 0.15) is 11.8 Å². The van der Waals surface area contributed by atoms with Gasteiger partial charge in [0, 0.05) is 36.4 Å². The highest BCUT2D eigenvalue weighted by atomic mass is 16.5. The molecule has 0 amide bonds. The average molecular weight is 350 g/mol. The SMILES string of the molecule is CCn1cc(-c2c(-c3ccco3)nc(N)nc2C2CC=CO2)ccc1=O. The van der Waals surface area contributed by atoms with Gasteiger partial charge >= 0.3 is 0 Å². The van der Waals surface area contributed by atoms with E-state index in [9.17, 15) is 4.79 Å². The fraction of sp³-hybridized carbons (Fsp3) is 0.211. The summed E-state index contributed by atoms with van der Waals surface area (Å²) >= 11 is 0. The zero-order chi connectivity index (χ0) is 18.1. The molecule has 4 rings (SSSR count). The average Bonchev–Trinajstić information content (AvgIpc) is 3.35. The highest BCUT2D eigenvalue weighted by Gasteiger charge is 2.26. The summed E-state index contributed by atoms with van der Waals surface area (Å²) in [6.45, 7) is 2.48. The molecule has 1 aliphatic rings. The highest BCUT2D eigenvalue weighted by Crippen LogP contribution is 2.39. The predicted molar refractivity (Wildman–Crippen MR) is 97.1 cm³/mol. The lowest BCUT2D eigenvalue weighted by molar-refractivity contribution is 0.169. The molecule has 0 radical (unpaired) electrons. The molecule has 0 aromatic carbocycles. The lowest BCUT2D eigenvalue weighted by atomic mass is 9.98. The number of nitrogen functional groups attached to an aromatic ring is 1. The quantitative estimate of drug-likeness (QED) is 0.776. The minimum absolute atomic E-state index is 0.0625. The number of aromatic nitrogens is 3. The Hall–Kier alpha value is -3.35. The van der Waals surface area contributed by atoms with E-state index in [1.54, 1.807) is 41.5 Å². The topological polar surface area (TPSA) is 96.2 Å². The monoisotopic (exact) mass is 350 g/mol. The van der Waals surface area contributed by atoms with Crippen molar-refractivity contribution in [1.82, 2.24) is 14.5 Å². The van der Waals surface area contributed by atoms with E-state index >= 15 is 0 Å². The fourth-order valence-corrected chi connectivity index (χ4v) is 3.09. The van der Waals surface area contributed by atoms with Crippen molar-refractivity contribution in [2.75, 3.05) is 5.73 Å². The van der Waals surface area contributed by atoms with Crippen molar-refractivity contribution in [2.45, 2.75) is 26.0 Å². The summed E-state index contributed by atoms with van der Waals surface area (Å²) in [5.41, 5.74) is 8.72. The Labute approximate surface area is 149 Å². The molecule has 3 aromatic heterocycles. The molecular formula is C19H18N4O3. The Morgan fingerprint density at radius 3 is 2.88 bits per heavy atom. The molecule has 0 aliphatic carbocycles. The molecule has 7 nitrogen and oxygen atoms in total. The third kappa shape index (κ3) is 2.77. The maximum absolute atomic E-state index is 12.0. The molecule has 3 aromatic rings. The van der Waals surface area contributed by atoms with E-state index < -0.39 is 0 Å². The number of ether oxygens (including phenoxy) is 1. The van der Waals surface area contributed by atoms with Crippen LogP contribution < -0.4 is 11.3 Å². The third-order valence-corrected chi connectivity index (χ3v) is 4.32. The molecule has 0 bridgehead atoms. The standard InChI is InChI=1S/C19H18N4O3/c1-2-23-11-12(7-8-15(23)24)16-17(13-5-3-9-25-13)21-19(20)22-18(16)14-6-4-10-26-14/h3-5,7-11,14H,2,6H2,1H3,(H2,20,21,22). The molecule has 26 heavy (non-hydrogen) atoms. The molecule has 0 saturated heterocycles. The van der Waals surface area contributed by atoms with Crippen LogP contribution in [0.3, 0.4) is 0 Å². The van der Waals surface area contributed by atoms with Crippen LogP contribution in [0.2, 0.25) is 0 Å². The molecule has 0 saturated carbocycles. The van der Waals surface area contributed by atoms with Gasteiger partial charge in [-0.05, 0) is 31.2 Å². The summed E-state index contributed by atoms with van der Waals surface area (Å²) in [6, 6.07) is 6.91. The van der Waals surface area contributed by atoms with Crippen LogP contribution in [-0.4, -0.2) is 14.5 Å². The first-order valence-electron chi connectivity index (χ1n) is 8.40. The molecule has 0 fully saturated rings. The van der Waals surface area contributed by atoms with Crippen LogP contribution >= 0.6 is 0 Å². The molecule has 4 heterocycles. The van der Waals surface area contributed by atoms with Gasteiger partial charge in [-0.1, -0.05) is 0 Å². The summed E-state index contributed by atoms with van der Waals surface area (Å²) in [5.74, 6) is 0.727. The number of furan rings is 1. The van der Waals surface area contributed by atoms with E-state index in [2.05, 4.69) is 9.97 Å². The zero-order valence-corrected chi connectivity index (χ0v) is 14.3. The molecule has 0 spiro atoms. The second kappa shape index (κ2) is 6.51. The van der Waals surface area contributed by atoms with Crippen LogP contribution in [0.15, 0.2) is 58.3 Å². The first kappa shape index (κ1) is 16.1. The first-order chi connectivity index (χ1) is 12.7. The maximum Gasteiger partial charge on any atom is 0.250 e. The summed E-state index contributed by atoms with van der Waals surface area (Å²) in [7, 11) is 0. The minimum atomic E-state index is -0.258. The van der Waals surface area contributed by atoms with Gasteiger partial charge in [0.05, 0.1) is 18.2 Å². The van der Waals surface area contributed by atoms with Crippen LogP contribution in [0.25, 0.3) is 22.6 Å². The second-order valence-corrected chi connectivity index (χ2v) is 5.94. The van der Waals surface area contributed by atoms with Crippen molar-refractivity contribution in [3.05, 3.63) is 65.1 Å². The molecule has 132 valence electrons. The summed E-state index contributed by atoms with van der Waals surface area (Å²) in [5, 5.41) is 0. The smallest absolute Gasteiger partial charge is 0.250 e. The van der Waals surface area contributed by atoms with E-state index in [4.69, 9.17) is 14.9 Å². The van der Waals surface area contributed by atoms with Gasteiger partial charge in [-0.2, -0.15) is 0 Å². The van der Waals surface area contributed by atoms with Crippen molar-refractivity contribution < 1.29 is 9.15 Å². The lowest BCUT2D eigenvalue weighted by Crippen LogP contribution is -2.17. The number of hydrogen-bond donors (Lipinski definition) is 1. The van der Waals surface area contributed by atoms with E-state index in [1.807, 2.05) is 19.1 Å². The van der Waals surface area contributed by atoms with Crippen LogP contribution in [0, 0.1) is 0 Å². The highest BCUT2D eigenvalue weighted by molar-refractivity contribution is 5.81. The molecular weight excluding hydrogens is 332 g/mol. The van der Waals surface area contributed by atoms with Gasteiger partial charge < -0.3 is 19.5 Å². The number of hydrogen-bond acceptors (Lipinski definition) is 6. The first-order valence-corrected chi connectivity index (χ1v) is 8.40. The van der Waals surface area contributed by atoms with Crippen molar-refractivity contribution in [3.8, 4) is 22.6 Å². The van der Waals surface area contributed by atoms with Crippen LogP contribution in [-0.2, 0) is 11.3 Å². The Morgan fingerprint density at radius 2 is 2.19 bits per heavy atom. The van der Waals surface area contributed by atoms with E-state index in [1.165, 1.54) is 0 Å². The Bertz CT molecular complexity index is 1010. The number of anilines is 1. The number of nitrogens with zero attached hydrogens (tertiary/aromatic N) is 3. The van der Waals surface area contributed by atoms with Crippen LogP contribution in [0.4, 0.5) is 5.95 Å². The van der Waals surface area contributed by atoms with Gasteiger partial charge in [-0.25, -0.2) is 9.97 Å². The molecule has 1 aliphatic heterocycles. The third-order valence-electron chi connectivity index (χ3n) is 4.32. The van der Waals surface area contributed by atoms with Crippen LogP contribution in [0.5, 0.6) is 0 Å². The zero-order valence-electron chi connectivity index (χ0n) is 14.3. The van der Waals surface area contributed by atoms with Gasteiger partial charge in [0.2, 0.25) is 5.95 Å². The normalized spacial score (nSPS) is 16.0. The van der Waals surface area contributed by atoms with Gasteiger partial charge in [0.15, 0.2) is 5.76 Å². The summed E-state index contributed by atoms with van der Waals surface area (Å²) in [6.07, 6.45) is 7.41. The van der Waals surface area contributed by atoms with Crippen molar-refractivity contribution in [2.24, 2.45) is 0 Å². The molecule has 7 heteroatoms. The Balaban J connectivity index is 2.00. The predicted octanol–water partition coefficient (Wildman–Crippen LogP) is 3.14. The van der Waals surface area contributed by atoms with E-state index in [0.29, 0.717) is 30.1 Å². The van der Waals surface area contributed by atoms with E-state index in [0.717, 1.165) is 11.1 Å². The molecule has 1 unspecified atom stereocenters. The minimum Gasteiger partial charge on any atom is -0.492 e. The number of rotatable bonds is 4. The van der Waals surface area contributed by atoms with E-state index in [-0.39, 0.29) is 17.6 Å². The summed E-state index contributed by atoms with van der Waals surface area (Å²) in [4.78, 5) is 20.9. The lowest BCUT2D eigenvalue weighted by Gasteiger charge is -2.18. The van der Waals surface area contributed by atoms with Gasteiger partial charge in [-0.3, -0.25) is 4.79 Å². The maximum atomic E-state index is 12.0. The van der Waals surface area contributed by atoms with Gasteiger partial charge in [0.25, 0.3) is 5.56 Å². The molecule has 1 atom stereocenters. The fourth-order valence-electron chi connectivity index (χ4n) is 3.09. The van der Waals surface area contributed by atoms with Gasteiger partial charge in [-0.15, -0.1) is 0 Å². The van der Waals surface area contributed by atoms with Crippen LogP contribution in [0.1, 0.15) is 25.1 Å². The van der Waals surface area contributed by atoms with Crippen molar-refractivity contribution >= 4 is 5.95 Å². The Kier molecular flexibility index (Phi) is 4.04. The largest absolute Gasteiger partial charge is 0.492 e. The number of nitrogens with two attached hydrogens (primary N) is 1. The summed E-state index contributed by atoms with van der Waals surface area (Å²) < 4.78 is 12.9. The molecule has 2 N–H and O–H groups in total. The number of aryl methyl sites for hydroxylation is 1.